The highest BCUT2D eigenvalue weighted by atomic mass is 16.4. The number of carboxylic acids is 1. The molecular weight excluding hydrogens is 324 g/mol. The fraction of sp³-hybridized carbons (Fsp3) is 0.412. The molecule has 8 heteroatoms. The number of amides is 2. The number of aliphatic carboxylic acids is 1. The predicted molar refractivity (Wildman–Crippen MR) is 90.9 cm³/mol. The van der Waals surface area contributed by atoms with Crippen molar-refractivity contribution in [3.63, 3.8) is 0 Å². The van der Waals surface area contributed by atoms with Crippen LogP contribution in [0.3, 0.4) is 0 Å². The SMILES string of the molecule is NC(=O)C1CCCN(C(=O)C2=NN(c3ccccc3)C(C(=O)O)C2)C1. The molecular formula is C17H20N4O4. The molecule has 2 aliphatic heterocycles. The first-order valence-corrected chi connectivity index (χ1v) is 8.20. The number of hydrazone groups is 1. The van der Waals surface area contributed by atoms with E-state index in [1.54, 1.807) is 29.2 Å². The number of hydrogen-bond acceptors (Lipinski definition) is 5. The Kier molecular flexibility index (Phi) is 4.69. The van der Waals surface area contributed by atoms with Crippen molar-refractivity contribution >= 4 is 29.2 Å². The van der Waals surface area contributed by atoms with Crippen LogP contribution in [0, 0.1) is 5.92 Å². The lowest BCUT2D eigenvalue weighted by Gasteiger charge is -2.31. The van der Waals surface area contributed by atoms with E-state index in [-0.39, 0.29) is 30.5 Å². The number of piperidine rings is 1. The zero-order chi connectivity index (χ0) is 18.0. The Morgan fingerprint density at radius 2 is 1.92 bits per heavy atom. The maximum Gasteiger partial charge on any atom is 0.328 e. The van der Waals surface area contributed by atoms with Crippen molar-refractivity contribution in [1.29, 1.82) is 0 Å². The van der Waals surface area contributed by atoms with Crippen LogP contribution in [-0.4, -0.2) is 52.6 Å². The first-order chi connectivity index (χ1) is 12.0. The van der Waals surface area contributed by atoms with Gasteiger partial charge in [-0.2, -0.15) is 5.10 Å². The van der Waals surface area contributed by atoms with Crippen molar-refractivity contribution in [1.82, 2.24) is 4.90 Å². The third-order valence-corrected chi connectivity index (χ3v) is 4.57. The Bertz CT molecular complexity index is 719. The monoisotopic (exact) mass is 344 g/mol. The van der Waals surface area contributed by atoms with Gasteiger partial charge in [0.15, 0.2) is 6.04 Å². The van der Waals surface area contributed by atoms with Crippen molar-refractivity contribution in [2.75, 3.05) is 18.1 Å². The van der Waals surface area contributed by atoms with Gasteiger partial charge in [0.2, 0.25) is 5.91 Å². The molecule has 0 bridgehead atoms. The summed E-state index contributed by atoms with van der Waals surface area (Å²) in [4.78, 5) is 37.2. The quantitative estimate of drug-likeness (QED) is 0.821. The fourth-order valence-corrected chi connectivity index (χ4v) is 3.23. The predicted octanol–water partition coefficient (Wildman–Crippen LogP) is 0.430. The van der Waals surface area contributed by atoms with Gasteiger partial charge in [-0.15, -0.1) is 0 Å². The number of likely N-dealkylation sites (tertiary alicyclic amines) is 1. The Balaban J connectivity index is 1.80. The van der Waals surface area contributed by atoms with E-state index in [0.29, 0.717) is 25.1 Å². The van der Waals surface area contributed by atoms with Crippen LogP contribution in [0.15, 0.2) is 35.4 Å². The van der Waals surface area contributed by atoms with E-state index in [0.717, 1.165) is 0 Å². The first-order valence-electron chi connectivity index (χ1n) is 8.20. The Labute approximate surface area is 144 Å². The van der Waals surface area contributed by atoms with Crippen LogP contribution in [0.1, 0.15) is 19.3 Å². The van der Waals surface area contributed by atoms with E-state index in [9.17, 15) is 19.5 Å². The smallest absolute Gasteiger partial charge is 0.328 e. The molecule has 1 aromatic rings. The lowest BCUT2D eigenvalue weighted by Crippen LogP contribution is -2.46. The number of nitrogens with zero attached hydrogens (tertiary/aromatic N) is 3. The molecule has 1 fully saturated rings. The number of rotatable bonds is 4. The van der Waals surface area contributed by atoms with Gasteiger partial charge in [0.25, 0.3) is 5.91 Å². The molecule has 8 nitrogen and oxygen atoms in total. The molecule has 0 aliphatic carbocycles. The zero-order valence-electron chi connectivity index (χ0n) is 13.7. The van der Waals surface area contributed by atoms with Gasteiger partial charge >= 0.3 is 5.97 Å². The van der Waals surface area contributed by atoms with Crippen molar-refractivity contribution in [3.8, 4) is 0 Å². The van der Waals surface area contributed by atoms with Crippen LogP contribution in [0.2, 0.25) is 0 Å². The molecule has 25 heavy (non-hydrogen) atoms. The van der Waals surface area contributed by atoms with Crippen molar-refractivity contribution in [3.05, 3.63) is 30.3 Å². The van der Waals surface area contributed by atoms with Crippen LogP contribution < -0.4 is 10.7 Å². The average molecular weight is 344 g/mol. The maximum absolute atomic E-state index is 12.7. The third-order valence-electron chi connectivity index (χ3n) is 4.57. The molecule has 0 aromatic heterocycles. The van der Waals surface area contributed by atoms with E-state index in [1.165, 1.54) is 5.01 Å². The number of nitrogens with two attached hydrogens (primary N) is 1. The number of primary amides is 1. The highest BCUT2D eigenvalue weighted by Gasteiger charge is 2.38. The minimum atomic E-state index is -1.04. The summed E-state index contributed by atoms with van der Waals surface area (Å²) in [7, 11) is 0. The number of hydrogen-bond donors (Lipinski definition) is 2. The Morgan fingerprint density at radius 3 is 2.56 bits per heavy atom. The topological polar surface area (TPSA) is 116 Å². The molecule has 2 heterocycles. The van der Waals surface area contributed by atoms with Gasteiger partial charge in [-0.3, -0.25) is 14.6 Å². The minimum absolute atomic E-state index is 0.0286. The van der Waals surface area contributed by atoms with Gasteiger partial charge in [-0.05, 0) is 25.0 Å². The van der Waals surface area contributed by atoms with E-state index in [4.69, 9.17) is 5.73 Å². The fourth-order valence-electron chi connectivity index (χ4n) is 3.23. The average Bonchev–Trinajstić information content (AvgIpc) is 3.07. The number of para-hydroxylation sites is 1. The van der Waals surface area contributed by atoms with Gasteiger partial charge in [-0.25, -0.2) is 4.79 Å². The molecule has 0 radical (unpaired) electrons. The van der Waals surface area contributed by atoms with Gasteiger partial charge in [-0.1, -0.05) is 18.2 Å². The van der Waals surface area contributed by atoms with Gasteiger partial charge < -0.3 is 15.7 Å². The molecule has 3 N–H and O–H groups in total. The first kappa shape index (κ1) is 16.9. The molecule has 132 valence electrons. The molecule has 1 aromatic carbocycles. The number of carbonyl (C=O) groups excluding carboxylic acids is 2. The molecule has 2 atom stereocenters. The third kappa shape index (κ3) is 3.47. The van der Waals surface area contributed by atoms with E-state index >= 15 is 0 Å². The highest BCUT2D eigenvalue weighted by molar-refractivity contribution is 6.40. The lowest BCUT2D eigenvalue weighted by atomic mass is 9.97. The summed E-state index contributed by atoms with van der Waals surface area (Å²) in [5.74, 6) is -2.14. The van der Waals surface area contributed by atoms with E-state index < -0.39 is 17.9 Å². The van der Waals surface area contributed by atoms with E-state index in [2.05, 4.69) is 5.10 Å². The van der Waals surface area contributed by atoms with Crippen LogP contribution in [-0.2, 0) is 14.4 Å². The summed E-state index contributed by atoms with van der Waals surface area (Å²) in [5, 5.41) is 15.1. The van der Waals surface area contributed by atoms with Crippen LogP contribution >= 0.6 is 0 Å². The molecule has 3 rings (SSSR count). The summed E-state index contributed by atoms with van der Waals surface area (Å²) in [5.41, 5.74) is 6.16. The van der Waals surface area contributed by atoms with Crippen LogP contribution in [0.5, 0.6) is 0 Å². The molecule has 2 amide bonds. The molecule has 1 saturated heterocycles. The minimum Gasteiger partial charge on any atom is -0.480 e. The lowest BCUT2D eigenvalue weighted by molar-refractivity contribution is -0.138. The molecule has 2 aliphatic rings. The molecule has 2 unspecified atom stereocenters. The molecule has 0 spiro atoms. The number of carboxylic acid groups (broad SMARTS) is 1. The number of carbonyl (C=O) groups is 3. The summed E-state index contributed by atoms with van der Waals surface area (Å²) in [6.07, 6.45) is 1.39. The Morgan fingerprint density at radius 1 is 1.20 bits per heavy atom. The second-order valence-electron chi connectivity index (χ2n) is 6.28. The maximum atomic E-state index is 12.7. The van der Waals surface area contributed by atoms with E-state index in [1.807, 2.05) is 6.07 Å². The second-order valence-corrected chi connectivity index (χ2v) is 6.28. The highest BCUT2D eigenvalue weighted by Crippen LogP contribution is 2.26. The number of benzene rings is 1. The summed E-state index contributed by atoms with van der Waals surface area (Å²) in [6.45, 7) is 0.779. The number of anilines is 1. The van der Waals surface area contributed by atoms with Gasteiger partial charge in [0.05, 0.1) is 11.6 Å². The van der Waals surface area contributed by atoms with Gasteiger partial charge in [0.1, 0.15) is 5.71 Å². The second kappa shape index (κ2) is 6.92. The normalized spacial score (nSPS) is 23.3. The standard InChI is InChI=1S/C17H20N4O4/c18-15(22)11-5-4-8-20(10-11)16(23)13-9-14(17(24)25)21(19-13)12-6-2-1-3-7-12/h1-3,6-7,11,14H,4-5,8-10H2,(H2,18,22)(H,24,25). The van der Waals surface area contributed by atoms with Gasteiger partial charge in [0, 0.05) is 19.5 Å². The zero-order valence-corrected chi connectivity index (χ0v) is 13.7. The van der Waals surface area contributed by atoms with Crippen LogP contribution in [0.25, 0.3) is 0 Å². The summed E-state index contributed by atoms with van der Waals surface area (Å²) in [6, 6.07) is 7.96. The summed E-state index contributed by atoms with van der Waals surface area (Å²) < 4.78 is 0. The largest absolute Gasteiger partial charge is 0.480 e. The Hall–Kier alpha value is -2.90. The van der Waals surface area contributed by atoms with Crippen molar-refractivity contribution in [2.24, 2.45) is 16.8 Å². The van der Waals surface area contributed by atoms with Crippen molar-refractivity contribution in [2.45, 2.75) is 25.3 Å². The summed E-state index contributed by atoms with van der Waals surface area (Å²) >= 11 is 0. The molecule has 0 saturated carbocycles. The van der Waals surface area contributed by atoms with Crippen LogP contribution in [0.4, 0.5) is 5.69 Å². The van der Waals surface area contributed by atoms with Crippen molar-refractivity contribution < 1.29 is 19.5 Å².